The van der Waals surface area contributed by atoms with Crippen molar-refractivity contribution in [1.82, 2.24) is 4.90 Å². The zero-order valence-corrected chi connectivity index (χ0v) is 21.4. The van der Waals surface area contributed by atoms with Gasteiger partial charge in [-0.2, -0.15) is 0 Å². The van der Waals surface area contributed by atoms with Crippen LogP contribution in [-0.4, -0.2) is 22.2 Å². The van der Waals surface area contributed by atoms with E-state index in [-0.39, 0.29) is 12.1 Å². The molecule has 0 aliphatic rings. The minimum absolute atomic E-state index is 0.137. The van der Waals surface area contributed by atoms with Crippen molar-refractivity contribution in [1.29, 1.82) is 0 Å². The van der Waals surface area contributed by atoms with Crippen molar-refractivity contribution in [2.75, 3.05) is 0 Å². The van der Waals surface area contributed by atoms with Crippen LogP contribution in [-0.2, 0) is 13.1 Å². The van der Waals surface area contributed by atoms with Crippen molar-refractivity contribution < 1.29 is 5.11 Å². The van der Waals surface area contributed by atoms with E-state index in [2.05, 4.69) is 79.4 Å². The van der Waals surface area contributed by atoms with Crippen LogP contribution < -0.4 is 0 Å². The van der Waals surface area contributed by atoms with Crippen LogP contribution in [0.25, 0.3) is 0 Å². The van der Waals surface area contributed by atoms with Gasteiger partial charge in [0.1, 0.15) is 0 Å². The first kappa shape index (κ1) is 27.6. The molecule has 0 aromatic heterocycles. The number of hydrogen-bond donors (Lipinski definition) is 1. The van der Waals surface area contributed by atoms with Crippen molar-refractivity contribution >= 4 is 0 Å². The van der Waals surface area contributed by atoms with Crippen LogP contribution in [0.4, 0.5) is 0 Å². The molecule has 0 spiro atoms. The molecule has 2 aromatic rings. The van der Waals surface area contributed by atoms with Gasteiger partial charge in [0.05, 0.1) is 6.10 Å². The van der Waals surface area contributed by atoms with Crippen molar-refractivity contribution in [3.05, 3.63) is 71.8 Å². The predicted octanol–water partition coefficient (Wildman–Crippen LogP) is 8.53. The Morgan fingerprint density at radius 1 is 0.606 bits per heavy atom. The van der Waals surface area contributed by atoms with Crippen LogP contribution in [0.15, 0.2) is 60.7 Å². The Kier molecular flexibility index (Phi) is 14.9. The van der Waals surface area contributed by atoms with Gasteiger partial charge >= 0.3 is 0 Å². The zero-order valence-electron chi connectivity index (χ0n) is 21.4. The molecule has 2 aromatic carbocycles. The summed E-state index contributed by atoms with van der Waals surface area (Å²) in [4.78, 5) is 2.43. The van der Waals surface area contributed by atoms with Crippen LogP contribution in [0.2, 0.25) is 0 Å². The third kappa shape index (κ3) is 12.4. The standard InChI is InChI=1S/C31H49NO/c1-3-4-5-6-7-8-9-10-11-12-13-20-25-31(33)28(2)32(26-29-21-16-14-17-22-29)27-30-23-18-15-19-24-30/h14-19,21-24,28,31,33H,3-13,20,25-27H2,1-2H3. The lowest BCUT2D eigenvalue weighted by molar-refractivity contribution is 0.0421. The van der Waals surface area contributed by atoms with Gasteiger partial charge in [-0.1, -0.05) is 145 Å². The molecule has 0 bridgehead atoms. The highest BCUT2D eigenvalue weighted by Gasteiger charge is 2.22. The molecule has 2 heteroatoms. The van der Waals surface area contributed by atoms with Gasteiger partial charge in [-0.05, 0) is 24.5 Å². The number of aliphatic hydroxyl groups is 1. The molecule has 2 unspecified atom stereocenters. The van der Waals surface area contributed by atoms with E-state index < -0.39 is 0 Å². The Morgan fingerprint density at radius 3 is 1.42 bits per heavy atom. The molecule has 0 aliphatic carbocycles. The van der Waals surface area contributed by atoms with Gasteiger partial charge in [0.2, 0.25) is 0 Å². The van der Waals surface area contributed by atoms with Gasteiger partial charge < -0.3 is 5.11 Å². The fourth-order valence-corrected chi connectivity index (χ4v) is 4.66. The Morgan fingerprint density at radius 2 is 1.00 bits per heavy atom. The summed E-state index contributed by atoms with van der Waals surface area (Å²) < 4.78 is 0. The zero-order chi connectivity index (χ0) is 23.6. The second kappa shape index (κ2) is 17.8. The molecule has 1 N–H and O–H groups in total. The third-order valence-electron chi connectivity index (χ3n) is 6.94. The van der Waals surface area contributed by atoms with Gasteiger partial charge in [0.15, 0.2) is 0 Å². The SMILES string of the molecule is CCCCCCCCCCCCCCC(O)C(C)N(Cc1ccccc1)Cc1ccccc1. The molecular weight excluding hydrogens is 402 g/mol. The van der Waals surface area contributed by atoms with Gasteiger partial charge in [-0.25, -0.2) is 0 Å². The maximum Gasteiger partial charge on any atom is 0.0693 e. The summed E-state index contributed by atoms with van der Waals surface area (Å²) in [6, 6.07) is 21.4. The molecular formula is C31H49NO. The number of nitrogens with zero attached hydrogens (tertiary/aromatic N) is 1. The molecule has 184 valence electrons. The maximum atomic E-state index is 11.0. The van der Waals surface area contributed by atoms with E-state index in [9.17, 15) is 5.11 Å². The lowest BCUT2D eigenvalue weighted by Gasteiger charge is -2.32. The Bertz CT molecular complexity index is 645. The number of aliphatic hydroxyl groups excluding tert-OH is 1. The van der Waals surface area contributed by atoms with Crippen LogP contribution in [0.5, 0.6) is 0 Å². The van der Waals surface area contributed by atoms with Gasteiger partial charge in [0.25, 0.3) is 0 Å². The highest BCUT2D eigenvalue weighted by molar-refractivity contribution is 5.17. The molecule has 2 atom stereocenters. The van der Waals surface area contributed by atoms with Crippen molar-refractivity contribution in [2.45, 2.75) is 123 Å². The summed E-state index contributed by atoms with van der Waals surface area (Å²) in [7, 11) is 0. The largest absolute Gasteiger partial charge is 0.392 e. The van der Waals surface area contributed by atoms with E-state index >= 15 is 0 Å². The topological polar surface area (TPSA) is 23.5 Å². The van der Waals surface area contributed by atoms with Crippen LogP contribution in [0.1, 0.15) is 108 Å². The highest BCUT2D eigenvalue weighted by Crippen LogP contribution is 2.19. The lowest BCUT2D eigenvalue weighted by Crippen LogP contribution is -2.40. The number of rotatable bonds is 19. The van der Waals surface area contributed by atoms with Gasteiger partial charge in [-0.3, -0.25) is 4.90 Å². The molecule has 0 heterocycles. The Labute approximate surface area is 204 Å². The Balaban J connectivity index is 1.66. The number of benzene rings is 2. The Hall–Kier alpha value is -1.64. The van der Waals surface area contributed by atoms with Crippen molar-refractivity contribution in [3.8, 4) is 0 Å². The van der Waals surface area contributed by atoms with E-state index in [1.165, 1.54) is 81.8 Å². The fourth-order valence-electron chi connectivity index (χ4n) is 4.66. The summed E-state index contributed by atoms with van der Waals surface area (Å²) in [6.45, 7) is 6.21. The average molecular weight is 452 g/mol. The molecule has 0 radical (unpaired) electrons. The summed E-state index contributed by atoms with van der Waals surface area (Å²) in [5, 5.41) is 11.0. The monoisotopic (exact) mass is 451 g/mol. The lowest BCUT2D eigenvalue weighted by atomic mass is 10.0. The van der Waals surface area contributed by atoms with Crippen molar-refractivity contribution in [2.24, 2.45) is 0 Å². The van der Waals surface area contributed by atoms with Crippen LogP contribution in [0, 0.1) is 0 Å². The molecule has 33 heavy (non-hydrogen) atoms. The fraction of sp³-hybridized carbons (Fsp3) is 0.613. The first-order valence-corrected chi connectivity index (χ1v) is 13.7. The summed E-state index contributed by atoms with van der Waals surface area (Å²) in [6.07, 6.45) is 16.9. The predicted molar refractivity (Wildman–Crippen MR) is 143 cm³/mol. The molecule has 0 saturated heterocycles. The first-order chi connectivity index (χ1) is 16.2. The summed E-state index contributed by atoms with van der Waals surface area (Å²) in [5.74, 6) is 0. The van der Waals surface area contributed by atoms with E-state index in [0.717, 1.165) is 25.9 Å². The van der Waals surface area contributed by atoms with Gasteiger partial charge in [0, 0.05) is 19.1 Å². The molecule has 0 fully saturated rings. The molecule has 2 rings (SSSR count). The second-order valence-electron chi connectivity index (χ2n) is 9.86. The average Bonchev–Trinajstić information content (AvgIpc) is 2.85. The quantitative estimate of drug-likeness (QED) is 0.216. The molecule has 0 aliphatic heterocycles. The van der Waals surface area contributed by atoms with Gasteiger partial charge in [-0.15, -0.1) is 0 Å². The number of hydrogen-bond acceptors (Lipinski definition) is 2. The smallest absolute Gasteiger partial charge is 0.0693 e. The number of unbranched alkanes of at least 4 members (excludes halogenated alkanes) is 11. The van der Waals surface area contributed by atoms with Crippen LogP contribution >= 0.6 is 0 Å². The molecule has 0 amide bonds. The maximum absolute atomic E-state index is 11.0. The van der Waals surface area contributed by atoms with Crippen LogP contribution in [0.3, 0.4) is 0 Å². The van der Waals surface area contributed by atoms with E-state index in [1.807, 2.05) is 0 Å². The first-order valence-electron chi connectivity index (χ1n) is 13.7. The van der Waals surface area contributed by atoms with Crippen molar-refractivity contribution in [3.63, 3.8) is 0 Å². The van der Waals surface area contributed by atoms with E-state index in [0.29, 0.717) is 0 Å². The minimum Gasteiger partial charge on any atom is -0.392 e. The van der Waals surface area contributed by atoms with E-state index in [4.69, 9.17) is 0 Å². The highest BCUT2D eigenvalue weighted by atomic mass is 16.3. The second-order valence-corrected chi connectivity index (χ2v) is 9.86. The normalized spacial score (nSPS) is 13.3. The third-order valence-corrected chi connectivity index (χ3v) is 6.94. The van der Waals surface area contributed by atoms with E-state index in [1.54, 1.807) is 0 Å². The summed E-state index contributed by atoms with van der Waals surface area (Å²) >= 11 is 0. The summed E-state index contributed by atoms with van der Waals surface area (Å²) in [5.41, 5.74) is 2.61. The minimum atomic E-state index is -0.277. The molecule has 0 saturated carbocycles. The molecule has 2 nitrogen and oxygen atoms in total.